The van der Waals surface area contributed by atoms with Crippen LogP contribution >= 0.6 is 7.82 Å². The summed E-state index contributed by atoms with van der Waals surface area (Å²) in [6.07, 6.45) is -0.548. The second kappa shape index (κ2) is 11.1. The van der Waals surface area contributed by atoms with Gasteiger partial charge in [-0.1, -0.05) is 12.1 Å². The van der Waals surface area contributed by atoms with Gasteiger partial charge in [0.25, 0.3) is 8.05 Å². The topological polar surface area (TPSA) is 113 Å². The zero-order valence-corrected chi connectivity index (χ0v) is 14.1. The lowest BCUT2D eigenvalue weighted by Gasteiger charge is -2.18. The third kappa shape index (κ3) is 7.80. The summed E-state index contributed by atoms with van der Waals surface area (Å²) in [5.41, 5.74) is 0.703. The fraction of sp³-hybridized carbons (Fsp3) is 0.462. The molecule has 1 amide bonds. The Kier molecular flexibility index (Phi) is 9.43. The van der Waals surface area contributed by atoms with Crippen LogP contribution in [0, 0.1) is 0 Å². The standard InChI is InChI=1S/C13H19BNO8P/c1-15-13(17)19-10-11-2-4-12(5-3-11)23-24(18,21-7-6-16)22-9-8-20-14/h2-5,16H,6-10H2,1H3,(H,15,17). The summed E-state index contributed by atoms with van der Waals surface area (Å²) in [4.78, 5) is 11.0. The third-order valence-corrected chi connectivity index (χ3v) is 3.94. The molecule has 9 nitrogen and oxygen atoms in total. The highest BCUT2D eigenvalue weighted by Crippen LogP contribution is 2.49. The predicted molar refractivity (Wildman–Crippen MR) is 84.6 cm³/mol. The second-order valence-electron chi connectivity index (χ2n) is 4.27. The van der Waals surface area contributed by atoms with Crippen LogP contribution in [0.3, 0.4) is 0 Å². The van der Waals surface area contributed by atoms with E-state index in [2.05, 4.69) is 9.97 Å². The minimum absolute atomic E-state index is 0.00833. The number of carbonyl (C=O) groups is 1. The molecule has 0 spiro atoms. The molecule has 0 aliphatic carbocycles. The first-order valence-corrected chi connectivity index (χ1v) is 8.43. The fourth-order valence-corrected chi connectivity index (χ4v) is 2.60. The van der Waals surface area contributed by atoms with Gasteiger partial charge in [-0.3, -0.25) is 9.05 Å². The van der Waals surface area contributed by atoms with Crippen LogP contribution in [0.4, 0.5) is 4.79 Å². The van der Waals surface area contributed by atoms with Crippen LogP contribution in [0.2, 0.25) is 0 Å². The summed E-state index contributed by atoms with van der Waals surface area (Å²) in [6, 6.07) is 6.27. The number of alkyl carbamates (subject to hydrolysis) is 1. The summed E-state index contributed by atoms with van der Waals surface area (Å²) < 4.78 is 36.8. The Labute approximate surface area is 141 Å². The van der Waals surface area contributed by atoms with Gasteiger partial charge in [0.2, 0.25) is 0 Å². The molecule has 0 bridgehead atoms. The Hall–Kier alpha value is -1.58. The highest BCUT2D eigenvalue weighted by atomic mass is 31.2. The molecule has 11 heteroatoms. The van der Waals surface area contributed by atoms with Crippen LogP contribution in [0.15, 0.2) is 24.3 Å². The molecule has 0 aromatic heterocycles. The zero-order chi connectivity index (χ0) is 17.8. The monoisotopic (exact) mass is 359 g/mol. The normalized spacial score (nSPS) is 13.1. The summed E-state index contributed by atoms with van der Waals surface area (Å²) in [6.45, 7) is -0.621. The lowest BCUT2D eigenvalue weighted by Crippen LogP contribution is -2.18. The Morgan fingerprint density at radius 2 is 1.88 bits per heavy atom. The average molecular weight is 359 g/mol. The van der Waals surface area contributed by atoms with Crippen molar-refractivity contribution >= 4 is 22.0 Å². The fourth-order valence-electron chi connectivity index (χ4n) is 1.44. The van der Waals surface area contributed by atoms with E-state index in [0.717, 1.165) is 0 Å². The molecule has 0 aliphatic rings. The Balaban J connectivity index is 2.64. The first kappa shape index (κ1) is 20.5. The van der Waals surface area contributed by atoms with E-state index >= 15 is 0 Å². The molecule has 1 rings (SSSR count). The molecule has 0 aliphatic heterocycles. The first-order valence-electron chi connectivity index (χ1n) is 6.97. The molecule has 0 saturated carbocycles. The van der Waals surface area contributed by atoms with Crippen LogP contribution in [0.5, 0.6) is 5.75 Å². The number of amides is 1. The lowest BCUT2D eigenvalue weighted by molar-refractivity contribution is 0.116. The van der Waals surface area contributed by atoms with Crippen molar-refractivity contribution in [3.05, 3.63) is 29.8 Å². The van der Waals surface area contributed by atoms with E-state index in [0.29, 0.717) is 5.56 Å². The van der Waals surface area contributed by atoms with Gasteiger partial charge in [-0.05, 0) is 17.7 Å². The summed E-state index contributed by atoms with van der Waals surface area (Å²) in [5.74, 6) is 0.216. The van der Waals surface area contributed by atoms with Gasteiger partial charge in [-0.25, -0.2) is 9.36 Å². The third-order valence-electron chi connectivity index (χ3n) is 2.51. The van der Waals surface area contributed by atoms with Crippen molar-refractivity contribution in [3.8, 4) is 5.75 Å². The van der Waals surface area contributed by atoms with Crippen LogP contribution in [-0.2, 0) is 29.6 Å². The summed E-state index contributed by atoms with van der Waals surface area (Å²) in [5, 5.41) is 11.1. The highest BCUT2D eigenvalue weighted by Gasteiger charge is 2.28. The number of phosphoric acid groups is 1. The smallest absolute Gasteiger partial charge is 0.445 e. The highest BCUT2D eigenvalue weighted by molar-refractivity contribution is 7.48. The van der Waals surface area contributed by atoms with Crippen molar-refractivity contribution in [2.24, 2.45) is 0 Å². The number of hydrogen-bond donors (Lipinski definition) is 2. The van der Waals surface area contributed by atoms with E-state index in [1.165, 1.54) is 19.2 Å². The molecule has 1 atom stereocenters. The second-order valence-corrected chi connectivity index (χ2v) is 5.86. The number of carbonyl (C=O) groups excluding carboxylic acids is 1. The number of hydrogen-bond acceptors (Lipinski definition) is 8. The maximum absolute atomic E-state index is 12.4. The van der Waals surface area contributed by atoms with Crippen LogP contribution in [0.1, 0.15) is 5.56 Å². The van der Waals surface area contributed by atoms with E-state index in [1.54, 1.807) is 12.1 Å². The quantitative estimate of drug-likeness (QED) is 0.344. The van der Waals surface area contributed by atoms with Crippen LogP contribution < -0.4 is 9.84 Å². The Bertz CT molecular complexity index is 541. The molecule has 1 aromatic carbocycles. The summed E-state index contributed by atoms with van der Waals surface area (Å²) in [7, 11) is 2.38. The number of aliphatic hydroxyl groups excluding tert-OH is 1. The predicted octanol–water partition coefficient (Wildman–Crippen LogP) is 1.16. The minimum atomic E-state index is -3.93. The molecule has 2 radical (unpaired) electrons. The molecule has 1 unspecified atom stereocenters. The van der Waals surface area contributed by atoms with E-state index in [4.69, 9.17) is 31.5 Å². The van der Waals surface area contributed by atoms with Crippen molar-refractivity contribution in [2.75, 3.05) is 33.5 Å². The van der Waals surface area contributed by atoms with Gasteiger partial charge in [0.15, 0.2) is 0 Å². The van der Waals surface area contributed by atoms with Gasteiger partial charge in [-0.15, -0.1) is 0 Å². The van der Waals surface area contributed by atoms with Crippen molar-refractivity contribution in [1.82, 2.24) is 5.32 Å². The van der Waals surface area contributed by atoms with Crippen molar-refractivity contribution in [3.63, 3.8) is 0 Å². The van der Waals surface area contributed by atoms with E-state index in [9.17, 15) is 9.36 Å². The number of nitrogens with one attached hydrogen (secondary N) is 1. The Morgan fingerprint density at radius 3 is 2.46 bits per heavy atom. The van der Waals surface area contributed by atoms with Gasteiger partial charge in [-0.2, -0.15) is 0 Å². The van der Waals surface area contributed by atoms with E-state index in [-0.39, 0.29) is 38.8 Å². The molecule has 1 aromatic rings. The van der Waals surface area contributed by atoms with Crippen LogP contribution in [0.25, 0.3) is 0 Å². The van der Waals surface area contributed by atoms with Crippen molar-refractivity contribution in [2.45, 2.75) is 6.61 Å². The van der Waals surface area contributed by atoms with E-state index in [1.807, 2.05) is 0 Å². The molecule has 0 saturated heterocycles. The number of rotatable bonds is 11. The van der Waals surface area contributed by atoms with Gasteiger partial charge in [0.1, 0.15) is 12.4 Å². The molecule has 2 N–H and O–H groups in total. The molecule has 0 heterocycles. The van der Waals surface area contributed by atoms with Gasteiger partial charge < -0.3 is 24.3 Å². The maximum atomic E-state index is 12.4. The number of phosphoric ester groups is 1. The zero-order valence-electron chi connectivity index (χ0n) is 13.2. The van der Waals surface area contributed by atoms with Gasteiger partial charge in [0.05, 0.1) is 26.4 Å². The van der Waals surface area contributed by atoms with E-state index < -0.39 is 13.9 Å². The lowest BCUT2D eigenvalue weighted by atomic mass is 10.2. The molecular weight excluding hydrogens is 340 g/mol. The van der Waals surface area contributed by atoms with Crippen molar-refractivity contribution in [1.29, 1.82) is 0 Å². The molecular formula is C13H19BNO8P. The number of aliphatic hydroxyl groups is 1. The Morgan fingerprint density at radius 1 is 1.21 bits per heavy atom. The summed E-state index contributed by atoms with van der Waals surface area (Å²) >= 11 is 0. The molecule has 0 fully saturated rings. The SMILES string of the molecule is [B]OCCOP(=O)(OCCO)Oc1ccc(COC(=O)NC)cc1. The molecule has 132 valence electrons. The van der Waals surface area contributed by atoms with Crippen molar-refractivity contribution < 1.29 is 37.4 Å². The minimum Gasteiger partial charge on any atom is -0.445 e. The number of benzene rings is 1. The largest absolute Gasteiger partial charge is 0.530 e. The molecule has 24 heavy (non-hydrogen) atoms. The van der Waals surface area contributed by atoms with Crippen LogP contribution in [-0.4, -0.2) is 52.7 Å². The van der Waals surface area contributed by atoms with Gasteiger partial charge in [0, 0.05) is 7.05 Å². The average Bonchev–Trinajstić information content (AvgIpc) is 2.59. The van der Waals surface area contributed by atoms with Gasteiger partial charge >= 0.3 is 13.9 Å². The number of ether oxygens (including phenoxy) is 1. The maximum Gasteiger partial charge on any atom is 0.530 e. The first-order chi connectivity index (χ1) is 11.5.